The maximum Gasteiger partial charge on any atom is 0.111 e. The number of hydrogen-bond donors (Lipinski definition) is 1. The molecule has 0 fully saturated rings. The monoisotopic (exact) mass is 171 g/mol. The van der Waals surface area contributed by atoms with Crippen LogP contribution in [0.4, 0.5) is 0 Å². The minimum absolute atomic E-state index is 0.452. The molecule has 0 aliphatic rings. The van der Waals surface area contributed by atoms with Gasteiger partial charge in [0.1, 0.15) is 7.14 Å². The van der Waals surface area contributed by atoms with Crippen LogP contribution >= 0.6 is 7.14 Å². The van der Waals surface area contributed by atoms with E-state index in [1.54, 1.807) is 13.3 Å². The van der Waals surface area contributed by atoms with Gasteiger partial charge in [0.25, 0.3) is 0 Å². The van der Waals surface area contributed by atoms with E-state index in [4.69, 9.17) is 5.73 Å². The summed E-state index contributed by atoms with van der Waals surface area (Å²) in [5.41, 5.74) is 5.98. The molecule has 2 nitrogen and oxygen atoms in total. The molecule has 3 heteroatoms. The summed E-state index contributed by atoms with van der Waals surface area (Å²) >= 11 is 0. The molecule has 0 heterocycles. The lowest BCUT2D eigenvalue weighted by Crippen LogP contribution is -1.97. The third kappa shape index (κ3) is 2.77. The molecule has 0 saturated heterocycles. The van der Waals surface area contributed by atoms with Gasteiger partial charge in [-0.2, -0.15) is 0 Å². The largest absolute Gasteiger partial charge is 0.398 e. The molecule has 0 aromatic rings. The van der Waals surface area contributed by atoms with Gasteiger partial charge >= 0.3 is 0 Å². The molecule has 0 saturated carbocycles. The van der Waals surface area contributed by atoms with Gasteiger partial charge in [0.05, 0.1) is 0 Å². The molecule has 0 spiro atoms. The lowest BCUT2D eigenvalue weighted by molar-refractivity contribution is 0.586. The first-order valence-electron chi connectivity index (χ1n) is 3.23. The number of hydrogen-bond acceptors (Lipinski definition) is 2. The van der Waals surface area contributed by atoms with Crippen molar-refractivity contribution in [2.45, 2.75) is 0 Å². The minimum Gasteiger partial charge on any atom is -0.398 e. The second kappa shape index (κ2) is 3.59. The van der Waals surface area contributed by atoms with Gasteiger partial charge in [0.15, 0.2) is 0 Å². The number of nitrogens with two attached hydrogens (primary N) is 1. The summed E-state index contributed by atoms with van der Waals surface area (Å²) in [5.74, 6) is 0. The van der Waals surface area contributed by atoms with E-state index in [0.717, 1.165) is 0 Å². The van der Waals surface area contributed by atoms with Crippen molar-refractivity contribution < 1.29 is 4.57 Å². The predicted octanol–water partition coefficient (Wildman–Crippen LogP) is 2.15. The van der Waals surface area contributed by atoms with E-state index >= 15 is 0 Å². The van der Waals surface area contributed by atoms with Crippen molar-refractivity contribution in [1.82, 2.24) is 0 Å². The van der Waals surface area contributed by atoms with Crippen LogP contribution in [0.15, 0.2) is 36.3 Å². The summed E-state index contributed by atoms with van der Waals surface area (Å²) in [6.45, 7) is 10.3. The highest BCUT2D eigenvalue weighted by Crippen LogP contribution is 2.47. The quantitative estimate of drug-likeness (QED) is 0.522. The molecule has 0 atom stereocenters. The van der Waals surface area contributed by atoms with Crippen molar-refractivity contribution >= 4 is 7.14 Å². The van der Waals surface area contributed by atoms with E-state index in [9.17, 15) is 4.57 Å². The molecule has 0 unspecified atom stereocenters. The maximum absolute atomic E-state index is 11.5. The zero-order valence-electron chi connectivity index (χ0n) is 7.00. The van der Waals surface area contributed by atoms with Crippen LogP contribution < -0.4 is 5.73 Å². The van der Waals surface area contributed by atoms with Crippen LogP contribution in [0.2, 0.25) is 0 Å². The second-order valence-corrected chi connectivity index (χ2v) is 5.78. The van der Waals surface area contributed by atoms with E-state index in [1.165, 1.54) is 12.2 Å². The van der Waals surface area contributed by atoms with E-state index in [1.807, 2.05) is 0 Å². The van der Waals surface area contributed by atoms with Gasteiger partial charge < -0.3 is 10.3 Å². The Morgan fingerprint density at radius 1 is 1.36 bits per heavy atom. The molecular weight excluding hydrogens is 157 g/mol. The second-order valence-electron chi connectivity index (χ2n) is 2.60. The molecule has 0 rings (SSSR count). The Labute approximate surface area is 67.9 Å². The van der Waals surface area contributed by atoms with E-state index in [0.29, 0.717) is 11.0 Å². The van der Waals surface area contributed by atoms with E-state index in [2.05, 4.69) is 13.2 Å². The fourth-order valence-corrected chi connectivity index (χ4v) is 1.91. The van der Waals surface area contributed by atoms with Crippen LogP contribution in [0.1, 0.15) is 0 Å². The Morgan fingerprint density at radius 3 is 1.91 bits per heavy atom. The summed E-state index contributed by atoms with van der Waals surface area (Å²) in [6, 6.07) is 0. The standard InChI is InChI=1S/C8H14NOP/c1-5-7(9)8(6-2)11(3,4)10/h5-6H,1-2,9H2,3-4H3/b8-7-. The smallest absolute Gasteiger partial charge is 0.111 e. The van der Waals surface area contributed by atoms with E-state index < -0.39 is 7.14 Å². The average Bonchev–Trinajstić information content (AvgIpc) is 1.86. The van der Waals surface area contributed by atoms with Gasteiger partial charge in [-0.1, -0.05) is 19.2 Å². The van der Waals surface area contributed by atoms with Crippen molar-refractivity contribution in [3.8, 4) is 0 Å². The van der Waals surface area contributed by atoms with E-state index in [-0.39, 0.29) is 0 Å². The predicted molar refractivity (Wildman–Crippen MR) is 51.1 cm³/mol. The van der Waals surface area contributed by atoms with Gasteiger partial charge in [-0.25, -0.2) is 0 Å². The molecule has 0 aliphatic carbocycles. The highest BCUT2D eigenvalue weighted by Gasteiger charge is 2.13. The lowest BCUT2D eigenvalue weighted by Gasteiger charge is -2.09. The third-order valence-corrected chi connectivity index (χ3v) is 2.89. The van der Waals surface area contributed by atoms with Crippen molar-refractivity contribution in [1.29, 1.82) is 0 Å². The number of allylic oxidation sites excluding steroid dienone is 3. The highest BCUT2D eigenvalue weighted by molar-refractivity contribution is 7.67. The minimum atomic E-state index is -2.28. The topological polar surface area (TPSA) is 43.1 Å². The third-order valence-electron chi connectivity index (χ3n) is 1.29. The Hall–Kier alpha value is -0.750. The molecule has 0 aliphatic heterocycles. The fourth-order valence-electron chi connectivity index (χ4n) is 0.753. The summed E-state index contributed by atoms with van der Waals surface area (Å²) in [4.78, 5) is 0. The highest BCUT2D eigenvalue weighted by atomic mass is 31.2. The average molecular weight is 171 g/mol. The Bertz CT molecular complexity index is 247. The van der Waals surface area contributed by atoms with Crippen molar-refractivity contribution in [3.05, 3.63) is 36.3 Å². The maximum atomic E-state index is 11.5. The molecule has 0 aromatic heterocycles. The Balaban J connectivity index is 5.13. The molecule has 2 N–H and O–H groups in total. The zero-order chi connectivity index (χ0) is 9.07. The van der Waals surface area contributed by atoms with Crippen LogP contribution in [-0.2, 0) is 4.57 Å². The normalized spacial score (nSPS) is 13.6. The van der Waals surface area contributed by atoms with Crippen molar-refractivity contribution in [2.24, 2.45) is 5.73 Å². The first-order chi connectivity index (χ1) is 4.93. The van der Waals surface area contributed by atoms with Crippen LogP contribution in [-0.4, -0.2) is 13.3 Å². The van der Waals surface area contributed by atoms with Crippen LogP contribution in [0.3, 0.4) is 0 Å². The SMILES string of the molecule is C=C/C(N)=C(\C=C)P(C)(C)=O. The molecule has 11 heavy (non-hydrogen) atoms. The Kier molecular flexibility index (Phi) is 3.34. The number of rotatable bonds is 3. The summed E-state index contributed by atoms with van der Waals surface area (Å²) in [5, 5.41) is 0.604. The van der Waals surface area contributed by atoms with Gasteiger partial charge in [-0.3, -0.25) is 0 Å². The van der Waals surface area contributed by atoms with Crippen molar-refractivity contribution in [2.75, 3.05) is 13.3 Å². The molecule has 0 bridgehead atoms. The van der Waals surface area contributed by atoms with Gasteiger partial charge in [-0.05, 0) is 19.4 Å². The van der Waals surface area contributed by atoms with Gasteiger partial charge in [0, 0.05) is 11.0 Å². The lowest BCUT2D eigenvalue weighted by atomic mass is 10.4. The summed E-state index contributed by atoms with van der Waals surface area (Å²) in [7, 11) is -2.28. The molecule has 0 aromatic carbocycles. The van der Waals surface area contributed by atoms with Gasteiger partial charge in [0.2, 0.25) is 0 Å². The summed E-state index contributed by atoms with van der Waals surface area (Å²) < 4.78 is 11.5. The first-order valence-corrected chi connectivity index (χ1v) is 5.83. The van der Waals surface area contributed by atoms with Crippen molar-refractivity contribution in [3.63, 3.8) is 0 Å². The summed E-state index contributed by atoms with van der Waals surface area (Å²) in [6.07, 6.45) is 3.01. The molecular formula is C8H14NOP. The van der Waals surface area contributed by atoms with Crippen LogP contribution in [0, 0.1) is 0 Å². The van der Waals surface area contributed by atoms with Crippen LogP contribution in [0.25, 0.3) is 0 Å². The van der Waals surface area contributed by atoms with Crippen LogP contribution in [0.5, 0.6) is 0 Å². The molecule has 62 valence electrons. The molecule has 0 amide bonds. The fraction of sp³-hybridized carbons (Fsp3) is 0.250. The Morgan fingerprint density at radius 2 is 1.82 bits per heavy atom. The molecule has 0 radical (unpaired) electrons. The zero-order valence-corrected chi connectivity index (χ0v) is 7.90. The first kappa shape index (κ1) is 10.2. The van der Waals surface area contributed by atoms with Gasteiger partial charge in [-0.15, -0.1) is 0 Å².